The average molecular weight is 1740 g/mol. The molecule has 17 heteroatoms. The van der Waals surface area contributed by atoms with E-state index in [9.17, 15) is 15.3 Å². The lowest BCUT2D eigenvalue weighted by atomic mass is 9.92. The topological polar surface area (TPSA) is 195 Å². The number of unbranched alkanes of at least 4 members (excludes halogenated alkanes) is 8. The summed E-state index contributed by atoms with van der Waals surface area (Å²) in [6.45, 7) is 19.1. The highest BCUT2D eigenvalue weighted by Crippen LogP contribution is 2.44. The largest absolute Gasteiger partial charge is 0.507 e. The number of rotatable bonds is 38. The smallest absolute Gasteiger partial charge is 0.191 e. The molecule has 0 aliphatic rings. The quantitative estimate of drug-likeness (QED) is 0.0188. The number of ether oxygens (including phenoxy) is 2. The minimum Gasteiger partial charge on any atom is -0.507 e. The van der Waals surface area contributed by atoms with Crippen LogP contribution in [0.5, 0.6) is 28.7 Å². The fraction of sp³-hybridized carbons (Fsp3) is 0.318. The molecule has 14 nitrogen and oxygen atoms in total. The van der Waals surface area contributed by atoms with Gasteiger partial charge in [-0.3, -0.25) is 0 Å². The van der Waals surface area contributed by atoms with Crippen molar-refractivity contribution >= 4 is 121 Å². The van der Waals surface area contributed by atoms with E-state index in [0.717, 1.165) is 112 Å². The predicted octanol–water partition coefficient (Wildman–Crippen LogP) is 30.9. The summed E-state index contributed by atoms with van der Waals surface area (Å²) >= 11 is 5.01. The molecule has 3 aromatic heterocycles. The van der Waals surface area contributed by atoms with Crippen molar-refractivity contribution in [2.45, 2.75) is 193 Å². The summed E-state index contributed by atoms with van der Waals surface area (Å²) in [5.74, 6) is 9.49. The van der Waals surface area contributed by atoms with Gasteiger partial charge in [0.25, 0.3) is 0 Å². The van der Waals surface area contributed by atoms with E-state index < -0.39 is 0 Å². The molecule has 3 heterocycles. The number of thioether (sulfide) groups is 3. The molecule has 0 radical (unpaired) electrons. The fourth-order valence-corrected chi connectivity index (χ4v) is 19.7. The maximum Gasteiger partial charge on any atom is 0.191 e. The van der Waals surface area contributed by atoms with Gasteiger partial charge in [0.05, 0.1) is 29.9 Å². The van der Waals surface area contributed by atoms with E-state index >= 15 is 0 Å². The Hall–Kier alpha value is -11.5. The number of phenolic OH excluding ortho intramolecular Hbond substituents is 3. The third kappa shape index (κ3) is 21.9. The Morgan fingerprint density at radius 1 is 0.260 bits per heavy atom. The summed E-state index contributed by atoms with van der Waals surface area (Å²) in [5, 5.41) is 54.0. The molecule has 0 amide bonds. The zero-order valence-electron chi connectivity index (χ0n) is 74.6. The van der Waals surface area contributed by atoms with Crippen LogP contribution in [-0.2, 0) is 0 Å². The van der Waals surface area contributed by atoms with Crippen molar-refractivity contribution < 1.29 is 24.8 Å². The first-order valence-electron chi connectivity index (χ1n) is 46.1. The molecule has 0 fully saturated rings. The minimum atomic E-state index is 0.106. The van der Waals surface area contributed by atoms with E-state index in [-0.39, 0.29) is 17.2 Å². The Bertz CT molecular complexity index is 6570. The number of hydrogen-bond acceptors (Lipinski definition) is 17. The molecule has 127 heavy (non-hydrogen) atoms. The molecule has 17 rings (SSSR count). The Balaban J connectivity index is 0.000000148. The molecule has 0 bridgehead atoms. The van der Waals surface area contributed by atoms with E-state index in [0.29, 0.717) is 110 Å². The molecular formula is C110H117N9O5S3. The van der Waals surface area contributed by atoms with Crippen molar-refractivity contribution in [1.29, 1.82) is 0 Å². The van der Waals surface area contributed by atoms with Gasteiger partial charge in [0.15, 0.2) is 50.4 Å². The SMILES string of the molecule is CCCCC(CC)CSc1nc(-c2ccccc2O)nc(-c2ccc3ccc4cccc5ccc2c3c45)n1.CCCCCCSc1nc(-c2ccc(OCC(CC)CCCC)cc2O)nc(-c2cc3c4ccccc4ccc3c3ccccc23)n1.CCCCCSc1nc(-c2ccc(OCC(CC)CCCC)cc2O)nc(-c2cc3ccccc3c3ccccc23)n1. The number of benzene rings is 14. The lowest BCUT2D eigenvalue weighted by Crippen LogP contribution is -2.11. The van der Waals surface area contributed by atoms with Gasteiger partial charge in [-0.05, 0) is 191 Å². The molecule has 0 spiro atoms. The molecule has 650 valence electrons. The first kappa shape index (κ1) is 90.3. The Morgan fingerprint density at radius 3 is 1.17 bits per heavy atom. The van der Waals surface area contributed by atoms with E-state index in [1.165, 1.54) is 130 Å². The number of hydrogen-bond donors (Lipinski definition) is 3. The van der Waals surface area contributed by atoms with Gasteiger partial charge in [-0.1, -0.05) is 350 Å². The number of phenols is 3. The van der Waals surface area contributed by atoms with Gasteiger partial charge in [-0.2, -0.15) is 0 Å². The van der Waals surface area contributed by atoms with E-state index in [4.69, 9.17) is 54.3 Å². The number of fused-ring (bicyclic) bond motifs is 8. The molecule has 0 saturated heterocycles. The molecule has 0 aliphatic carbocycles. The van der Waals surface area contributed by atoms with Crippen molar-refractivity contribution in [1.82, 2.24) is 44.9 Å². The highest BCUT2D eigenvalue weighted by atomic mass is 32.2. The summed E-state index contributed by atoms with van der Waals surface area (Å²) in [4.78, 5) is 44.4. The first-order chi connectivity index (χ1) is 62.4. The van der Waals surface area contributed by atoms with Gasteiger partial charge >= 0.3 is 0 Å². The van der Waals surface area contributed by atoms with E-state index in [2.05, 4.69) is 231 Å². The van der Waals surface area contributed by atoms with E-state index in [1.54, 1.807) is 53.5 Å². The van der Waals surface area contributed by atoms with Crippen LogP contribution in [0.1, 0.15) is 177 Å². The summed E-state index contributed by atoms with van der Waals surface area (Å²) in [5.41, 5.74) is 4.66. The van der Waals surface area contributed by atoms with Crippen LogP contribution >= 0.6 is 35.3 Å². The van der Waals surface area contributed by atoms with Gasteiger partial charge in [0.1, 0.15) is 28.7 Å². The zero-order valence-corrected chi connectivity index (χ0v) is 77.1. The second kappa shape index (κ2) is 44.3. The fourth-order valence-electron chi connectivity index (χ4n) is 17.0. The predicted molar refractivity (Wildman–Crippen MR) is 535 cm³/mol. The Morgan fingerprint density at radius 2 is 0.638 bits per heavy atom. The van der Waals surface area contributed by atoms with Crippen LogP contribution in [0.25, 0.3) is 155 Å². The van der Waals surface area contributed by atoms with Crippen LogP contribution in [0.2, 0.25) is 0 Å². The molecule has 14 aromatic carbocycles. The third-order valence-corrected chi connectivity index (χ3v) is 27.4. The van der Waals surface area contributed by atoms with Crippen molar-refractivity contribution in [2.24, 2.45) is 17.8 Å². The number of aromatic hydroxyl groups is 3. The number of para-hydroxylation sites is 1. The van der Waals surface area contributed by atoms with Crippen LogP contribution in [0.4, 0.5) is 0 Å². The summed E-state index contributed by atoms with van der Waals surface area (Å²) in [6, 6.07) is 80.3. The molecule has 3 N–H and O–H groups in total. The second-order valence-electron chi connectivity index (χ2n) is 33.3. The lowest BCUT2D eigenvalue weighted by molar-refractivity contribution is 0.232. The van der Waals surface area contributed by atoms with Crippen molar-refractivity contribution in [3.63, 3.8) is 0 Å². The van der Waals surface area contributed by atoms with Gasteiger partial charge in [0.2, 0.25) is 0 Å². The van der Waals surface area contributed by atoms with Crippen molar-refractivity contribution in [2.75, 3.05) is 30.5 Å². The maximum absolute atomic E-state index is 11.3. The van der Waals surface area contributed by atoms with Crippen LogP contribution in [0.15, 0.2) is 252 Å². The highest BCUT2D eigenvalue weighted by Gasteiger charge is 2.24. The van der Waals surface area contributed by atoms with Crippen molar-refractivity contribution in [3.8, 4) is 97.1 Å². The maximum atomic E-state index is 11.3. The normalized spacial score (nSPS) is 12.3. The second-order valence-corrected chi connectivity index (χ2v) is 36.4. The summed E-state index contributed by atoms with van der Waals surface area (Å²) < 4.78 is 12.2. The first-order valence-corrected chi connectivity index (χ1v) is 49.1. The standard InChI is InChI=1S/C41H45N3O2S.C36H41N3O2S.C33H31N3OS/c1-4-7-9-14-24-47-41-43-39(35-23-21-30(25-38(35)45)46-27-28(6-3)15-8-5-2)42-40(44-41)37-26-36-31-17-11-10-16-29(31)20-22-34(36)32-18-12-13-19-33(32)37;1-4-7-13-21-42-36-38-34(31-20-19-27(23-33(31)40)41-24-25(6-3)14-8-5-2)37-35(39-36)32-22-26-15-9-10-16-28(26)29-17-11-12-18-30(29)32;1-3-5-9-21(4-2)20-38-33-35-31(34-32(36-33)27-12-6-7-13-28(27)37)26-19-17-24-15-14-22-10-8-11-23-16-18-25(26)30(24)29(22)23/h10-13,16-23,25-26,28,45H,4-9,14-15,24,27H2,1-3H3;9-12,15-20,22-23,25,40H,4-8,13-14,21,24H2,1-3H3;6-8,10-19,21,37H,3-5,9,20H2,1-2H3. The molecule has 17 aromatic rings. The third-order valence-electron chi connectivity index (χ3n) is 24.5. The monoisotopic (exact) mass is 1740 g/mol. The minimum absolute atomic E-state index is 0.106. The van der Waals surface area contributed by atoms with E-state index in [1.807, 2.05) is 42.5 Å². The lowest BCUT2D eigenvalue weighted by Gasteiger charge is -2.16. The molecule has 3 atom stereocenters. The van der Waals surface area contributed by atoms with Gasteiger partial charge in [-0.15, -0.1) is 0 Å². The van der Waals surface area contributed by atoms with Gasteiger partial charge in [-0.25, -0.2) is 44.9 Å². The Labute approximate surface area is 760 Å². The van der Waals surface area contributed by atoms with Crippen LogP contribution in [0.3, 0.4) is 0 Å². The zero-order chi connectivity index (χ0) is 88.0. The summed E-state index contributed by atoms with van der Waals surface area (Å²) in [7, 11) is 0. The Kier molecular flexibility index (Phi) is 31.5. The van der Waals surface area contributed by atoms with Crippen molar-refractivity contribution in [3.05, 3.63) is 237 Å². The molecular weight excluding hydrogens is 1620 g/mol. The molecule has 0 aliphatic heterocycles. The summed E-state index contributed by atoms with van der Waals surface area (Å²) in [6.07, 6.45) is 22.2. The molecule has 0 saturated carbocycles. The van der Waals surface area contributed by atoms with Gasteiger partial charge in [0, 0.05) is 46.1 Å². The highest BCUT2D eigenvalue weighted by molar-refractivity contribution is 7.99. The van der Waals surface area contributed by atoms with Gasteiger partial charge < -0.3 is 24.8 Å². The van der Waals surface area contributed by atoms with Crippen LogP contribution in [-0.4, -0.2) is 90.6 Å². The number of aromatic nitrogens is 9. The molecule has 3 unspecified atom stereocenters. The number of nitrogens with zero attached hydrogens (tertiary/aromatic N) is 9. The van der Waals surface area contributed by atoms with Crippen LogP contribution in [0, 0.1) is 17.8 Å². The van der Waals surface area contributed by atoms with Crippen LogP contribution < -0.4 is 9.47 Å². The average Bonchev–Trinajstić information content (AvgIpc) is 0.750.